The van der Waals surface area contributed by atoms with Gasteiger partial charge in [0, 0.05) is 17.5 Å². The highest BCUT2D eigenvalue weighted by molar-refractivity contribution is 7.92. The molecule has 176 valence electrons. The van der Waals surface area contributed by atoms with Gasteiger partial charge < -0.3 is 9.73 Å². The van der Waals surface area contributed by atoms with E-state index in [0.29, 0.717) is 29.8 Å². The highest BCUT2D eigenvalue weighted by Gasteiger charge is 2.51. The summed E-state index contributed by atoms with van der Waals surface area (Å²) in [4.78, 5) is 39.7. The molecule has 3 heterocycles. The van der Waals surface area contributed by atoms with Crippen LogP contribution in [0.3, 0.4) is 0 Å². The number of carbonyl (C=O) groups excluding carboxylic acids is 3. The summed E-state index contributed by atoms with van der Waals surface area (Å²) in [7, 11) is -3.39. The van der Waals surface area contributed by atoms with Crippen LogP contribution in [-0.4, -0.2) is 49.9 Å². The summed E-state index contributed by atoms with van der Waals surface area (Å²) >= 11 is 0. The zero-order valence-electron chi connectivity index (χ0n) is 18.7. The number of para-hydroxylation sites is 1. The van der Waals surface area contributed by atoms with Crippen LogP contribution in [0, 0.1) is 0 Å². The third-order valence-electron chi connectivity index (χ3n) is 6.45. The number of nitrogens with zero attached hydrogens (tertiary/aromatic N) is 2. The molecule has 10 heteroatoms. The number of carbonyl (C=O) groups is 3. The maximum absolute atomic E-state index is 13.2. The van der Waals surface area contributed by atoms with Crippen molar-refractivity contribution in [3.8, 4) is 0 Å². The van der Waals surface area contributed by atoms with E-state index < -0.39 is 39.8 Å². The van der Waals surface area contributed by atoms with Crippen LogP contribution >= 0.6 is 0 Å². The Balaban J connectivity index is 1.37. The van der Waals surface area contributed by atoms with Crippen LogP contribution in [0.5, 0.6) is 0 Å². The van der Waals surface area contributed by atoms with Crippen molar-refractivity contribution in [3.63, 3.8) is 0 Å². The Hall–Kier alpha value is -3.66. The van der Waals surface area contributed by atoms with Crippen LogP contribution < -0.4 is 9.62 Å². The number of urea groups is 1. The SMILES string of the molecule is CCS(=O)(=O)N1CCc2cc(C(=O)CN3C(=O)N[C@](C)(c4cc5ccccc5o4)C3=O)ccc21. The molecule has 0 radical (unpaired) electrons. The summed E-state index contributed by atoms with van der Waals surface area (Å²) in [5.74, 6) is -0.719. The first-order valence-electron chi connectivity index (χ1n) is 10.9. The van der Waals surface area contributed by atoms with Gasteiger partial charge in [-0.3, -0.25) is 18.8 Å². The lowest BCUT2D eigenvalue weighted by molar-refractivity contribution is -0.131. The van der Waals surface area contributed by atoms with Crippen LogP contribution in [-0.2, 0) is 26.8 Å². The Morgan fingerprint density at radius 1 is 1.15 bits per heavy atom. The molecule has 34 heavy (non-hydrogen) atoms. The summed E-state index contributed by atoms with van der Waals surface area (Å²) in [6.07, 6.45) is 0.489. The number of amides is 3. The molecule has 2 aliphatic rings. The van der Waals surface area contributed by atoms with E-state index in [1.807, 2.05) is 18.2 Å². The molecule has 0 unspecified atom stereocenters. The van der Waals surface area contributed by atoms with Crippen molar-refractivity contribution >= 4 is 44.4 Å². The molecule has 1 N–H and O–H groups in total. The third-order valence-corrected chi connectivity index (χ3v) is 8.23. The second-order valence-electron chi connectivity index (χ2n) is 8.58. The molecule has 3 amide bonds. The number of rotatable bonds is 6. The molecule has 5 rings (SSSR count). The van der Waals surface area contributed by atoms with Crippen LogP contribution in [0.15, 0.2) is 52.9 Å². The van der Waals surface area contributed by atoms with Crippen molar-refractivity contribution in [2.24, 2.45) is 0 Å². The molecule has 0 bridgehead atoms. The number of nitrogens with one attached hydrogen (secondary N) is 1. The molecule has 9 nitrogen and oxygen atoms in total. The minimum atomic E-state index is -3.39. The molecule has 0 saturated carbocycles. The highest BCUT2D eigenvalue weighted by atomic mass is 32.2. The van der Waals surface area contributed by atoms with Gasteiger partial charge in [0.15, 0.2) is 11.3 Å². The quantitative estimate of drug-likeness (QED) is 0.427. The molecule has 2 aromatic carbocycles. The Morgan fingerprint density at radius 3 is 2.65 bits per heavy atom. The average molecular weight is 482 g/mol. The summed E-state index contributed by atoms with van der Waals surface area (Å²) in [5, 5.41) is 3.45. The summed E-state index contributed by atoms with van der Waals surface area (Å²) in [5.41, 5.74) is 0.779. The lowest BCUT2D eigenvalue weighted by Crippen LogP contribution is -2.41. The fourth-order valence-electron chi connectivity index (χ4n) is 4.46. The summed E-state index contributed by atoms with van der Waals surface area (Å²) in [6, 6.07) is 13.1. The smallest absolute Gasteiger partial charge is 0.325 e. The third kappa shape index (κ3) is 3.37. The Bertz CT molecular complexity index is 1430. The first-order valence-corrected chi connectivity index (χ1v) is 12.5. The number of sulfonamides is 1. The van der Waals surface area contributed by atoms with Gasteiger partial charge in [-0.2, -0.15) is 0 Å². The van der Waals surface area contributed by atoms with E-state index in [4.69, 9.17) is 4.42 Å². The van der Waals surface area contributed by atoms with Gasteiger partial charge in [-0.1, -0.05) is 18.2 Å². The number of fused-ring (bicyclic) bond motifs is 2. The van der Waals surface area contributed by atoms with Gasteiger partial charge in [-0.25, -0.2) is 13.2 Å². The van der Waals surface area contributed by atoms with Crippen molar-refractivity contribution in [2.75, 3.05) is 23.1 Å². The number of ketones is 1. The molecule has 2 aliphatic heterocycles. The van der Waals surface area contributed by atoms with Gasteiger partial charge >= 0.3 is 6.03 Å². The number of hydrogen-bond donors (Lipinski definition) is 1. The van der Waals surface area contributed by atoms with Crippen molar-refractivity contribution in [3.05, 3.63) is 65.4 Å². The molecular weight excluding hydrogens is 458 g/mol. The van der Waals surface area contributed by atoms with E-state index in [9.17, 15) is 22.8 Å². The molecule has 0 spiro atoms. The van der Waals surface area contributed by atoms with E-state index in [0.717, 1.165) is 15.8 Å². The predicted octanol–water partition coefficient (Wildman–Crippen LogP) is 2.79. The van der Waals surface area contributed by atoms with Gasteiger partial charge in [0.1, 0.15) is 11.3 Å². The van der Waals surface area contributed by atoms with E-state index in [-0.39, 0.29) is 11.5 Å². The van der Waals surface area contributed by atoms with Crippen LogP contribution in [0.4, 0.5) is 10.5 Å². The van der Waals surface area contributed by atoms with Crippen molar-refractivity contribution in [1.29, 1.82) is 0 Å². The molecular formula is C24H23N3O6S. The Morgan fingerprint density at radius 2 is 1.91 bits per heavy atom. The zero-order chi connectivity index (χ0) is 24.3. The first kappa shape index (κ1) is 22.1. The molecule has 1 fully saturated rings. The molecule has 1 atom stereocenters. The standard InChI is InChI=1S/C24H23N3O6S/c1-3-34(31,32)27-11-10-15-12-16(8-9-18(15)27)19(28)14-26-22(29)24(2,25-23(26)30)21-13-17-6-4-5-7-20(17)33-21/h4-9,12-13H,3,10-11,14H2,1-2H3,(H,25,30)/t24-/m1/s1. The maximum atomic E-state index is 13.2. The molecule has 1 saturated heterocycles. The normalized spacial score (nSPS) is 20.2. The number of hydrogen-bond acceptors (Lipinski definition) is 6. The average Bonchev–Trinajstić information content (AvgIpc) is 3.50. The van der Waals surface area contributed by atoms with E-state index in [1.54, 1.807) is 38.1 Å². The minimum Gasteiger partial charge on any atom is -0.458 e. The fraction of sp³-hybridized carbons (Fsp3) is 0.292. The fourth-order valence-corrected chi connectivity index (χ4v) is 5.62. The number of benzene rings is 2. The zero-order valence-corrected chi connectivity index (χ0v) is 19.5. The monoisotopic (exact) mass is 481 g/mol. The topological polar surface area (TPSA) is 117 Å². The Kier molecular flexibility index (Phi) is 5.01. The first-order chi connectivity index (χ1) is 16.1. The van der Waals surface area contributed by atoms with Gasteiger partial charge in [0.2, 0.25) is 10.0 Å². The van der Waals surface area contributed by atoms with Gasteiger partial charge in [-0.15, -0.1) is 0 Å². The lowest BCUT2D eigenvalue weighted by atomic mass is 9.98. The molecule has 1 aromatic heterocycles. The van der Waals surface area contributed by atoms with E-state index in [2.05, 4.69) is 5.32 Å². The predicted molar refractivity (Wildman–Crippen MR) is 125 cm³/mol. The highest BCUT2D eigenvalue weighted by Crippen LogP contribution is 2.34. The summed E-state index contributed by atoms with van der Waals surface area (Å²) in [6.45, 7) is 3.03. The largest absolute Gasteiger partial charge is 0.458 e. The number of imide groups is 1. The van der Waals surface area contributed by atoms with Crippen molar-refractivity contribution < 1.29 is 27.2 Å². The van der Waals surface area contributed by atoms with Gasteiger partial charge in [0.05, 0.1) is 18.0 Å². The lowest BCUT2D eigenvalue weighted by Gasteiger charge is -2.19. The van der Waals surface area contributed by atoms with Crippen LogP contribution in [0.25, 0.3) is 11.0 Å². The second-order valence-corrected chi connectivity index (χ2v) is 10.8. The second kappa shape index (κ2) is 7.69. The van der Waals surface area contributed by atoms with Gasteiger partial charge in [-0.05, 0) is 56.2 Å². The van der Waals surface area contributed by atoms with E-state index in [1.165, 1.54) is 10.4 Å². The minimum absolute atomic E-state index is 0.0106. The Labute approximate surface area is 196 Å². The number of anilines is 1. The van der Waals surface area contributed by atoms with E-state index >= 15 is 0 Å². The van der Waals surface area contributed by atoms with Gasteiger partial charge in [0.25, 0.3) is 5.91 Å². The van der Waals surface area contributed by atoms with Crippen LogP contribution in [0.1, 0.15) is 35.5 Å². The van der Waals surface area contributed by atoms with Crippen LogP contribution in [0.2, 0.25) is 0 Å². The van der Waals surface area contributed by atoms with Crippen molar-refractivity contribution in [2.45, 2.75) is 25.8 Å². The molecule has 0 aliphatic carbocycles. The number of Topliss-reactive ketones (excluding diaryl/α,β-unsaturated/α-hetero) is 1. The maximum Gasteiger partial charge on any atom is 0.325 e. The summed E-state index contributed by atoms with van der Waals surface area (Å²) < 4.78 is 31.7. The number of furan rings is 1. The van der Waals surface area contributed by atoms with Crippen molar-refractivity contribution in [1.82, 2.24) is 10.2 Å². The molecule has 3 aromatic rings.